The highest BCUT2D eigenvalue weighted by atomic mass is 16.3. The van der Waals surface area contributed by atoms with E-state index >= 15 is 0 Å². The Kier molecular flexibility index (Phi) is 5.85. The van der Waals surface area contributed by atoms with Crippen LogP contribution in [0.25, 0.3) is 0 Å². The molecule has 0 unspecified atom stereocenters. The molecule has 2 heterocycles. The van der Waals surface area contributed by atoms with Crippen LogP contribution in [0, 0.1) is 0 Å². The summed E-state index contributed by atoms with van der Waals surface area (Å²) >= 11 is 0. The number of benzene rings is 1. The smallest absolute Gasteiger partial charge is 0.241 e. The first-order valence-electron chi connectivity index (χ1n) is 9.04. The minimum Gasteiger partial charge on any atom is -0.389 e. The van der Waals surface area contributed by atoms with Crippen LogP contribution >= 0.6 is 0 Å². The number of aliphatic hydroxyl groups is 1. The lowest BCUT2D eigenvalue weighted by Crippen LogP contribution is -2.53. The van der Waals surface area contributed by atoms with Crippen LogP contribution in [0.5, 0.6) is 0 Å². The number of pyridine rings is 1. The molecule has 0 spiro atoms. The van der Waals surface area contributed by atoms with Gasteiger partial charge >= 0.3 is 0 Å². The fourth-order valence-corrected chi connectivity index (χ4v) is 3.26. The third-order valence-electron chi connectivity index (χ3n) is 4.88. The Hall–Kier alpha value is -2.44. The van der Waals surface area contributed by atoms with Crippen molar-refractivity contribution in [2.75, 3.05) is 36.4 Å². The molecule has 1 fully saturated rings. The Balaban J connectivity index is 1.58. The second kappa shape index (κ2) is 8.29. The zero-order valence-electron chi connectivity index (χ0n) is 15.3. The van der Waals surface area contributed by atoms with Crippen molar-refractivity contribution in [3.8, 4) is 0 Å². The first-order valence-corrected chi connectivity index (χ1v) is 9.04. The molecule has 2 N–H and O–H groups in total. The average Bonchev–Trinajstić information content (AvgIpc) is 2.68. The SMILES string of the molecule is C[C@H](C(=O)Nc1ccccc1[C@@H](C)O)N1CCN(c2ccccn2)CC1. The van der Waals surface area contributed by atoms with E-state index in [1.54, 1.807) is 13.1 Å². The quantitative estimate of drug-likeness (QED) is 0.862. The number of anilines is 2. The fraction of sp³-hybridized carbons (Fsp3) is 0.400. The van der Waals surface area contributed by atoms with Crippen molar-refractivity contribution >= 4 is 17.4 Å². The molecule has 26 heavy (non-hydrogen) atoms. The first-order chi connectivity index (χ1) is 12.6. The van der Waals surface area contributed by atoms with Gasteiger partial charge in [0.2, 0.25) is 5.91 Å². The van der Waals surface area contributed by atoms with Gasteiger partial charge in [0, 0.05) is 43.6 Å². The molecule has 6 heteroatoms. The third-order valence-corrected chi connectivity index (χ3v) is 4.88. The van der Waals surface area contributed by atoms with Crippen molar-refractivity contribution in [1.29, 1.82) is 0 Å². The summed E-state index contributed by atoms with van der Waals surface area (Å²) in [5.41, 5.74) is 1.40. The summed E-state index contributed by atoms with van der Waals surface area (Å²) in [7, 11) is 0. The van der Waals surface area contributed by atoms with Crippen LogP contribution in [0.15, 0.2) is 48.7 Å². The van der Waals surface area contributed by atoms with E-state index in [1.165, 1.54) is 0 Å². The minimum atomic E-state index is -0.622. The Morgan fingerprint density at radius 1 is 1.08 bits per heavy atom. The molecule has 1 amide bonds. The Bertz CT molecular complexity index is 728. The van der Waals surface area contributed by atoms with E-state index < -0.39 is 6.10 Å². The molecule has 1 aliphatic heterocycles. The molecule has 138 valence electrons. The normalized spacial score (nSPS) is 17.6. The van der Waals surface area contributed by atoms with E-state index in [-0.39, 0.29) is 11.9 Å². The van der Waals surface area contributed by atoms with Gasteiger partial charge in [-0.25, -0.2) is 4.98 Å². The standard InChI is InChI=1S/C20H26N4O2/c1-15(20(26)22-18-8-4-3-7-17(18)16(2)25)23-11-13-24(14-12-23)19-9-5-6-10-21-19/h3-10,15-16,25H,11-14H2,1-2H3,(H,22,26)/t15-,16-/m1/s1. The molecule has 1 aromatic carbocycles. The number of amides is 1. The van der Waals surface area contributed by atoms with Gasteiger partial charge in [0.25, 0.3) is 0 Å². The Morgan fingerprint density at radius 2 is 1.77 bits per heavy atom. The number of nitrogens with one attached hydrogen (secondary N) is 1. The van der Waals surface area contributed by atoms with Crippen LogP contribution in [0.2, 0.25) is 0 Å². The van der Waals surface area contributed by atoms with Gasteiger partial charge < -0.3 is 15.3 Å². The molecule has 0 aliphatic carbocycles. The van der Waals surface area contributed by atoms with E-state index in [0.717, 1.165) is 37.6 Å². The van der Waals surface area contributed by atoms with Crippen molar-refractivity contribution in [2.24, 2.45) is 0 Å². The molecule has 3 rings (SSSR count). The molecule has 0 bridgehead atoms. The Morgan fingerprint density at radius 3 is 2.42 bits per heavy atom. The Labute approximate surface area is 154 Å². The second-order valence-corrected chi connectivity index (χ2v) is 6.64. The second-order valence-electron chi connectivity index (χ2n) is 6.64. The fourth-order valence-electron chi connectivity index (χ4n) is 3.26. The lowest BCUT2D eigenvalue weighted by atomic mass is 10.1. The summed E-state index contributed by atoms with van der Waals surface area (Å²) < 4.78 is 0. The van der Waals surface area contributed by atoms with Crippen LogP contribution in [0.3, 0.4) is 0 Å². The van der Waals surface area contributed by atoms with Crippen LogP contribution in [0.1, 0.15) is 25.5 Å². The summed E-state index contributed by atoms with van der Waals surface area (Å²) in [5.74, 6) is 0.930. The molecule has 1 saturated heterocycles. The minimum absolute atomic E-state index is 0.0515. The maximum atomic E-state index is 12.7. The molecular weight excluding hydrogens is 328 g/mol. The van der Waals surface area contributed by atoms with Gasteiger partial charge in [0.15, 0.2) is 0 Å². The van der Waals surface area contributed by atoms with Crippen molar-refractivity contribution in [3.63, 3.8) is 0 Å². The van der Waals surface area contributed by atoms with Gasteiger partial charge in [-0.1, -0.05) is 24.3 Å². The van der Waals surface area contributed by atoms with Crippen LogP contribution in [0.4, 0.5) is 11.5 Å². The molecule has 6 nitrogen and oxygen atoms in total. The number of aliphatic hydroxyl groups excluding tert-OH is 1. The monoisotopic (exact) mass is 354 g/mol. The summed E-state index contributed by atoms with van der Waals surface area (Å²) in [5, 5.41) is 12.8. The topological polar surface area (TPSA) is 68.7 Å². The molecule has 0 radical (unpaired) electrons. The number of rotatable bonds is 5. The maximum absolute atomic E-state index is 12.7. The van der Waals surface area contributed by atoms with Crippen molar-refractivity contribution in [1.82, 2.24) is 9.88 Å². The van der Waals surface area contributed by atoms with E-state index in [4.69, 9.17) is 0 Å². The zero-order chi connectivity index (χ0) is 18.5. The summed E-state index contributed by atoms with van der Waals surface area (Å²) in [6.07, 6.45) is 1.18. The van der Waals surface area contributed by atoms with Gasteiger partial charge in [0.05, 0.1) is 12.1 Å². The highest BCUT2D eigenvalue weighted by Crippen LogP contribution is 2.23. The van der Waals surface area contributed by atoms with E-state index in [0.29, 0.717) is 5.69 Å². The van der Waals surface area contributed by atoms with Gasteiger partial charge in [-0.3, -0.25) is 9.69 Å². The van der Waals surface area contributed by atoms with Gasteiger partial charge in [-0.05, 0) is 32.0 Å². The number of nitrogens with zero attached hydrogens (tertiary/aromatic N) is 3. The highest BCUT2D eigenvalue weighted by molar-refractivity contribution is 5.95. The van der Waals surface area contributed by atoms with E-state index in [1.807, 2.05) is 49.4 Å². The van der Waals surface area contributed by atoms with Crippen molar-refractivity contribution in [3.05, 3.63) is 54.2 Å². The van der Waals surface area contributed by atoms with Crippen LogP contribution < -0.4 is 10.2 Å². The number of carbonyl (C=O) groups excluding carboxylic acids is 1. The summed E-state index contributed by atoms with van der Waals surface area (Å²) in [6, 6.07) is 13.1. The van der Waals surface area contributed by atoms with Crippen molar-refractivity contribution in [2.45, 2.75) is 26.0 Å². The zero-order valence-corrected chi connectivity index (χ0v) is 15.3. The van der Waals surface area contributed by atoms with Crippen molar-refractivity contribution < 1.29 is 9.90 Å². The number of aromatic nitrogens is 1. The third kappa shape index (κ3) is 4.20. The lowest BCUT2D eigenvalue weighted by molar-refractivity contribution is -0.120. The number of hydrogen-bond acceptors (Lipinski definition) is 5. The van der Waals surface area contributed by atoms with E-state index in [9.17, 15) is 9.90 Å². The highest BCUT2D eigenvalue weighted by Gasteiger charge is 2.26. The molecule has 1 aliphatic rings. The summed E-state index contributed by atoms with van der Waals surface area (Å²) in [4.78, 5) is 21.5. The molecule has 2 atom stereocenters. The average molecular weight is 354 g/mol. The maximum Gasteiger partial charge on any atom is 0.241 e. The van der Waals surface area contributed by atoms with Gasteiger partial charge in [0.1, 0.15) is 5.82 Å². The largest absolute Gasteiger partial charge is 0.389 e. The number of carbonyl (C=O) groups is 1. The number of para-hydroxylation sites is 1. The molecule has 2 aromatic rings. The number of piperazine rings is 1. The predicted octanol–water partition coefficient (Wildman–Crippen LogP) is 2.28. The van der Waals surface area contributed by atoms with Crippen LogP contribution in [-0.4, -0.2) is 53.1 Å². The predicted molar refractivity (Wildman–Crippen MR) is 103 cm³/mol. The molecule has 0 saturated carbocycles. The summed E-state index contributed by atoms with van der Waals surface area (Å²) in [6.45, 7) is 6.94. The first kappa shape index (κ1) is 18.4. The van der Waals surface area contributed by atoms with Gasteiger partial charge in [-0.2, -0.15) is 0 Å². The number of hydrogen-bond donors (Lipinski definition) is 2. The lowest BCUT2D eigenvalue weighted by Gasteiger charge is -2.38. The molecule has 1 aromatic heterocycles. The van der Waals surface area contributed by atoms with E-state index in [2.05, 4.69) is 20.1 Å². The molecular formula is C20H26N4O2. The van der Waals surface area contributed by atoms with Crippen LogP contribution in [-0.2, 0) is 4.79 Å². The van der Waals surface area contributed by atoms with Gasteiger partial charge in [-0.15, -0.1) is 0 Å².